The first-order chi connectivity index (χ1) is 16.3. The highest BCUT2D eigenvalue weighted by Gasteiger charge is 2.55. The second-order valence-electron chi connectivity index (χ2n) is 9.94. The van der Waals surface area contributed by atoms with Gasteiger partial charge in [-0.05, 0) is 57.4 Å². The van der Waals surface area contributed by atoms with Crippen LogP contribution in [0.15, 0.2) is 36.7 Å². The molecular formula is C26H25FN6O. The van der Waals surface area contributed by atoms with E-state index in [0.717, 1.165) is 58.5 Å². The maximum absolute atomic E-state index is 14.4. The van der Waals surface area contributed by atoms with Crippen LogP contribution in [0.2, 0.25) is 0 Å². The van der Waals surface area contributed by atoms with Crippen molar-refractivity contribution < 1.29 is 9.13 Å². The van der Waals surface area contributed by atoms with Gasteiger partial charge in [0.1, 0.15) is 11.9 Å². The molecule has 2 aliphatic heterocycles. The van der Waals surface area contributed by atoms with Crippen molar-refractivity contribution in [1.82, 2.24) is 24.5 Å². The van der Waals surface area contributed by atoms with Gasteiger partial charge < -0.3 is 10.5 Å². The lowest BCUT2D eigenvalue weighted by molar-refractivity contribution is 0.227. The summed E-state index contributed by atoms with van der Waals surface area (Å²) in [6, 6.07) is 6.78. The predicted molar refractivity (Wildman–Crippen MR) is 126 cm³/mol. The SMILES string of the molecule is Cc1nn2c3c1-c1cnc(N)c(c1)O[C@H](C)c1cc(F)ccc1-c1nn(C)cc1C3CC21CC1. The average Bonchev–Trinajstić information content (AvgIpc) is 3.23. The molecule has 1 fully saturated rings. The molecule has 1 aromatic carbocycles. The van der Waals surface area contributed by atoms with Gasteiger partial charge in [-0.1, -0.05) is 0 Å². The Morgan fingerprint density at radius 1 is 1.18 bits per heavy atom. The normalized spacial score (nSPS) is 21.2. The van der Waals surface area contributed by atoms with Crippen LogP contribution < -0.4 is 10.5 Å². The zero-order valence-electron chi connectivity index (χ0n) is 19.3. The molecule has 1 aliphatic carbocycles. The Labute approximate surface area is 196 Å². The average molecular weight is 457 g/mol. The third-order valence-electron chi connectivity index (χ3n) is 7.70. The molecule has 172 valence electrons. The summed E-state index contributed by atoms with van der Waals surface area (Å²) in [4.78, 5) is 4.46. The van der Waals surface area contributed by atoms with Crippen LogP contribution in [0.25, 0.3) is 22.4 Å². The highest BCUT2D eigenvalue weighted by atomic mass is 19.1. The third-order valence-corrected chi connectivity index (χ3v) is 7.70. The highest BCUT2D eigenvalue weighted by Crippen LogP contribution is 2.60. The van der Waals surface area contributed by atoms with Crippen molar-refractivity contribution in [2.75, 3.05) is 5.73 Å². The summed E-state index contributed by atoms with van der Waals surface area (Å²) >= 11 is 0. The molecule has 0 saturated heterocycles. The molecule has 34 heavy (non-hydrogen) atoms. The zero-order valence-corrected chi connectivity index (χ0v) is 19.3. The summed E-state index contributed by atoms with van der Waals surface area (Å²) in [5.41, 5.74) is 14.1. The van der Waals surface area contributed by atoms with Crippen molar-refractivity contribution in [3.8, 4) is 28.1 Å². The van der Waals surface area contributed by atoms with Crippen molar-refractivity contribution in [2.24, 2.45) is 7.05 Å². The standard InChI is InChI=1S/C26H25FN6O/c1-13-22-15-8-21(25(28)29-11-15)34-14(2)18-9-16(27)4-5-17(18)23-20(12-32(3)31-23)19-10-26(6-7-26)33(30-13)24(19)22/h4-5,8-9,11-12,14,19H,6-7,10H2,1-3H3,(H2,28,29)/t14-,19?/m1/s1. The molecule has 4 aromatic rings. The number of nitrogens with two attached hydrogens (primary N) is 1. The molecular weight excluding hydrogens is 431 g/mol. The van der Waals surface area contributed by atoms with E-state index in [9.17, 15) is 4.39 Å². The van der Waals surface area contributed by atoms with E-state index < -0.39 is 6.10 Å². The van der Waals surface area contributed by atoms with Crippen molar-refractivity contribution in [1.29, 1.82) is 0 Å². The first-order valence-electron chi connectivity index (χ1n) is 11.7. The maximum atomic E-state index is 14.4. The summed E-state index contributed by atoms with van der Waals surface area (Å²) in [6.07, 6.45) is 6.69. The van der Waals surface area contributed by atoms with Crippen LogP contribution in [0.1, 0.15) is 60.7 Å². The van der Waals surface area contributed by atoms with Gasteiger partial charge in [-0.3, -0.25) is 9.36 Å². The van der Waals surface area contributed by atoms with Crippen molar-refractivity contribution in [3.63, 3.8) is 0 Å². The van der Waals surface area contributed by atoms with Gasteiger partial charge in [0, 0.05) is 53.2 Å². The van der Waals surface area contributed by atoms with Gasteiger partial charge >= 0.3 is 0 Å². The second-order valence-corrected chi connectivity index (χ2v) is 9.94. The molecule has 2 N–H and O–H groups in total. The number of nitrogens with zero attached hydrogens (tertiary/aromatic N) is 5. The van der Waals surface area contributed by atoms with E-state index in [-0.39, 0.29) is 17.3 Å². The van der Waals surface area contributed by atoms with Gasteiger partial charge in [0.2, 0.25) is 0 Å². The molecule has 7 rings (SSSR count). The summed E-state index contributed by atoms with van der Waals surface area (Å²) in [6.45, 7) is 3.96. The van der Waals surface area contributed by atoms with Gasteiger partial charge in [-0.2, -0.15) is 10.2 Å². The van der Waals surface area contributed by atoms with E-state index in [2.05, 4.69) is 22.8 Å². The van der Waals surface area contributed by atoms with E-state index in [1.54, 1.807) is 6.20 Å². The van der Waals surface area contributed by atoms with Crippen LogP contribution in [-0.4, -0.2) is 24.5 Å². The number of anilines is 1. The molecule has 0 amide bonds. The van der Waals surface area contributed by atoms with Gasteiger partial charge in [-0.25, -0.2) is 9.37 Å². The summed E-state index contributed by atoms with van der Waals surface area (Å²) in [5, 5.41) is 9.90. The fourth-order valence-electron chi connectivity index (χ4n) is 5.96. The van der Waals surface area contributed by atoms with E-state index in [4.69, 9.17) is 20.7 Å². The van der Waals surface area contributed by atoms with Crippen LogP contribution in [0.3, 0.4) is 0 Å². The number of aromatic nitrogens is 5. The van der Waals surface area contributed by atoms with Gasteiger partial charge in [0.05, 0.1) is 22.6 Å². The van der Waals surface area contributed by atoms with Crippen molar-refractivity contribution >= 4 is 5.82 Å². The van der Waals surface area contributed by atoms with Crippen LogP contribution in [0.4, 0.5) is 10.2 Å². The fraction of sp³-hybridized carbons (Fsp3) is 0.346. The number of halogens is 1. The molecule has 1 unspecified atom stereocenters. The minimum Gasteiger partial charge on any atom is -0.482 e. The Morgan fingerprint density at radius 3 is 2.79 bits per heavy atom. The zero-order chi connectivity index (χ0) is 23.4. The lowest BCUT2D eigenvalue weighted by Crippen LogP contribution is -2.12. The molecule has 0 radical (unpaired) electrons. The lowest BCUT2D eigenvalue weighted by Gasteiger charge is -2.22. The molecule has 1 saturated carbocycles. The van der Waals surface area contributed by atoms with Crippen LogP contribution >= 0.6 is 0 Å². The number of hydrogen-bond donors (Lipinski definition) is 1. The number of nitrogen functional groups attached to an aromatic ring is 1. The van der Waals surface area contributed by atoms with Crippen LogP contribution in [0, 0.1) is 12.7 Å². The molecule has 2 atom stereocenters. The van der Waals surface area contributed by atoms with E-state index in [0.29, 0.717) is 11.6 Å². The molecule has 1 spiro atoms. The van der Waals surface area contributed by atoms with Gasteiger partial charge in [0.25, 0.3) is 0 Å². The first-order valence-corrected chi connectivity index (χ1v) is 11.7. The topological polar surface area (TPSA) is 83.8 Å². The second kappa shape index (κ2) is 6.46. The Kier molecular flexibility index (Phi) is 3.76. The summed E-state index contributed by atoms with van der Waals surface area (Å²) in [7, 11) is 1.94. The Bertz CT molecular complexity index is 1500. The molecule has 7 nitrogen and oxygen atoms in total. The smallest absolute Gasteiger partial charge is 0.166 e. The van der Waals surface area contributed by atoms with E-state index in [1.807, 2.05) is 30.8 Å². The number of benzene rings is 1. The van der Waals surface area contributed by atoms with E-state index in [1.165, 1.54) is 17.8 Å². The lowest BCUT2D eigenvalue weighted by atomic mass is 9.86. The third kappa shape index (κ3) is 2.59. The predicted octanol–water partition coefficient (Wildman–Crippen LogP) is 4.85. The monoisotopic (exact) mass is 456 g/mol. The first kappa shape index (κ1) is 19.8. The number of hydrogen-bond acceptors (Lipinski definition) is 5. The van der Waals surface area contributed by atoms with E-state index >= 15 is 0 Å². The minimum atomic E-state index is -0.457. The number of fused-ring (bicyclic) bond motifs is 8. The number of aryl methyl sites for hydroxylation is 2. The molecule has 2 bridgehead atoms. The number of rotatable bonds is 0. The van der Waals surface area contributed by atoms with Crippen LogP contribution in [-0.2, 0) is 12.6 Å². The van der Waals surface area contributed by atoms with Crippen molar-refractivity contribution in [2.45, 2.75) is 50.7 Å². The number of ether oxygens (including phenoxy) is 1. The molecule has 8 heteroatoms. The minimum absolute atomic E-state index is 0.0653. The summed E-state index contributed by atoms with van der Waals surface area (Å²) in [5.74, 6) is 0.599. The Morgan fingerprint density at radius 2 is 2.00 bits per heavy atom. The molecule has 3 aromatic heterocycles. The fourth-order valence-corrected chi connectivity index (χ4v) is 5.96. The maximum Gasteiger partial charge on any atom is 0.166 e. The van der Waals surface area contributed by atoms with Crippen molar-refractivity contribution in [3.05, 3.63) is 65.0 Å². The number of pyridine rings is 1. The van der Waals surface area contributed by atoms with Gasteiger partial charge in [0.15, 0.2) is 11.6 Å². The molecule has 3 aliphatic rings. The Balaban J connectivity index is 1.58. The highest BCUT2D eigenvalue weighted by molar-refractivity contribution is 5.76. The largest absolute Gasteiger partial charge is 0.482 e. The van der Waals surface area contributed by atoms with Crippen LogP contribution in [0.5, 0.6) is 5.75 Å². The van der Waals surface area contributed by atoms with Gasteiger partial charge in [-0.15, -0.1) is 0 Å². The Hall–Kier alpha value is -3.68. The molecule has 5 heterocycles. The summed E-state index contributed by atoms with van der Waals surface area (Å²) < 4.78 is 24.9. The quantitative estimate of drug-likeness (QED) is 0.409.